The largest absolute Gasteiger partial charge is 0.368 e. The Morgan fingerprint density at radius 2 is 1.56 bits per heavy atom. The van der Waals surface area contributed by atoms with Crippen LogP contribution in [0.25, 0.3) is 0 Å². The van der Waals surface area contributed by atoms with Crippen LogP contribution in [0.5, 0.6) is 0 Å². The van der Waals surface area contributed by atoms with Crippen molar-refractivity contribution in [2.75, 3.05) is 37.6 Å². The van der Waals surface area contributed by atoms with Gasteiger partial charge >= 0.3 is 0 Å². The molecule has 3 rings (SSSR count). The van der Waals surface area contributed by atoms with Gasteiger partial charge in [0.2, 0.25) is 5.91 Å². The Morgan fingerprint density at radius 3 is 2.20 bits per heavy atom. The molecule has 1 heterocycles. The van der Waals surface area contributed by atoms with Crippen LogP contribution in [0.2, 0.25) is 0 Å². The highest BCUT2D eigenvalue weighted by atomic mass is 16.2. The molecule has 1 unspecified atom stereocenters. The molecule has 0 bridgehead atoms. The quantitative estimate of drug-likeness (QED) is 0.880. The van der Waals surface area contributed by atoms with Crippen LogP contribution in [0.3, 0.4) is 0 Å². The fourth-order valence-electron chi connectivity index (χ4n) is 3.27. The van der Waals surface area contributed by atoms with Crippen LogP contribution in [-0.2, 0) is 4.79 Å². The van der Waals surface area contributed by atoms with E-state index in [1.54, 1.807) is 0 Å². The summed E-state index contributed by atoms with van der Waals surface area (Å²) < 4.78 is 0. The summed E-state index contributed by atoms with van der Waals surface area (Å²) in [6.07, 6.45) is 0.558. The SMILES string of the molecule is CC(NCCC(=O)N1CCN(c2ccccc2)CC1)c1ccccc1. The monoisotopic (exact) mass is 337 g/mol. The van der Waals surface area contributed by atoms with Crippen molar-refractivity contribution in [1.29, 1.82) is 0 Å². The predicted molar refractivity (Wildman–Crippen MR) is 103 cm³/mol. The summed E-state index contributed by atoms with van der Waals surface area (Å²) in [7, 11) is 0. The maximum absolute atomic E-state index is 12.4. The first-order chi connectivity index (χ1) is 12.2. The average molecular weight is 337 g/mol. The van der Waals surface area contributed by atoms with E-state index in [9.17, 15) is 4.79 Å². The first-order valence-corrected chi connectivity index (χ1v) is 9.10. The predicted octanol–water partition coefficient (Wildman–Crippen LogP) is 3.08. The maximum Gasteiger partial charge on any atom is 0.223 e. The van der Waals surface area contributed by atoms with E-state index in [2.05, 4.69) is 53.5 Å². The van der Waals surface area contributed by atoms with Crippen LogP contribution in [0, 0.1) is 0 Å². The van der Waals surface area contributed by atoms with Crippen molar-refractivity contribution < 1.29 is 4.79 Å². The number of para-hydroxylation sites is 1. The van der Waals surface area contributed by atoms with Crippen LogP contribution in [0.4, 0.5) is 5.69 Å². The topological polar surface area (TPSA) is 35.6 Å². The van der Waals surface area contributed by atoms with Crippen LogP contribution in [-0.4, -0.2) is 43.5 Å². The Bertz CT molecular complexity index is 651. The molecule has 0 spiro atoms. The lowest BCUT2D eigenvalue weighted by Crippen LogP contribution is -2.49. The second-order valence-corrected chi connectivity index (χ2v) is 6.54. The number of rotatable bonds is 6. The Hall–Kier alpha value is -2.33. The van der Waals surface area contributed by atoms with E-state index in [0.29, 0.717) is 13.0 Å². The van der Waals surface area contributed by atoms with Gasteiger partial charge in [-0.25, -0.2) is 0 Å². The zero-order valence-corrected chi connectivity index (χ0v) is 14.9. The van der Waals surface area contributed by atoms with Crippen molar-refractivity contribution in [3.8, 4) is 0 Å². The van der Waals surface area contributed by atoms with Crippen molar-refractivity contribution in [2.24, 2.45) is 0 Å². The van der Waals surface area contributed by atoms with Crippen molar-refractivity contribution in [3.63, 3.8) is 0 Å². The van der Waals surface area contributed by atoms with Gasteiger partial charge < -0.3 is 15.1 Å². The number of carbonyl (C=O) groups is 1. The summed E-state index contributed by atoms with van der Waals surface area (Å²) in [4.78, 5) is 16.8. The lowest BCUT2D eigenvalue weighted by Gasteiger charge is -2.36. The second kappa shape index (κ2) is 8.67. The molecule has 132 valence electrons. The fraction of sp³-hybridized carbons (Fsp3) is 0.381. The lowest BCUT2D eigenvalue weighted by molar-refractivity contribution is -0.131. The molecule has 25 heavy (non-hydrogen) atoms. The van der Waals surface area contributed by atoms with Gasteiger partial charge in [-0.3, -0.25) is 4.79 Å². The highest BCUT2D eigenvalue weighted by molar-refractivity contribution is 5.76. The van der Waals surface area contributed by atoms with Crippen molar-refractivity contribution in [3.05, 3.63) is 66.2 Å². The number of nitrogens with one attached hydrogen (secondary N) is 1. The van der Waals surface area contributed by atoms with Gasteiger partial charge in [0.1, 0.15) is 0 Å². The number of hydrogen-bond donors (Lipinski definition) is 1. The molecule has 2 aromatic carbocycles. The summed E-state index contributed by atoms with van der Waals surface area (Å²) >= 11 is 0. The first kappa shape index (κ1) is 17.5. The molecule has 1 amide bonds. The number of nitrogens with zero attached hydrogens (tertiary/aromatic N) is 2. The number of anilines is 1. The van der Waals surface area contributed by atoms with E-state index in [1.807, 2.05) is 29.2 Å². The Labute approximate surface area is 150 Å². The molecule has 1 atom stereocenters. The van der Waals surface area contributed by atoms with Gasteiger partial charge in [-0.15, -0.1) is 0 Å². The molecule has 1 saturated heterocycles. The standard InChI is InChI=1S/C21H27N3O/c1-18(19-8-4-2-5-9-19)22-13-12-21(25)24-16-14-23(15-17-24)20-10-6-3-7-11-20/h2-11,18,22H,12-17H2,1H3. The molecule has 4 heteroatoms. The summed E-state index contributed by atoms with van der Waals surface area (Å²) in [6, 6.07) is 21.0. The van der Waals surface area contributed by atoms with E-state index < -0.39 is 0 Å². The first-order valence-electron chi connectivity index (χ1n) is 9.10. The summed E-state index contributed by atoms with van der Waals surface area (Å²) in [5.74, 6) is 0.250. The van der Waals surface area contributed by atoms with E-state index in [4.69, 9.17) is 0 Å². The minimum atomic E-state index is 0.250. The van der Waals surface area contributed by atoms with Gasteiger partial charge in [-0.05, 0) is 24.6 Å². The molecule has 0 aliphatic carbocycles. The molecule has 1 aliphatic heterocycles. The summed E-state index contributed by atoms with van der Waals surface area (Å²) in [5.41, 5.74) is 2.50. The van der Waals surface area contributed by atoms with Gasteiger partial charge in [-0.1, -0.05) is 48.5 Å². The highest BCUT2D eigenvalue weighted by Gasteiger charge is 2.20. The minimum absolute atomic E-state index is 0.250. The normalized spacial score (nSPS) is 15.9. The van der Waals surface area contributed by atoms with Gasteiger partial charge in [0, 0.05) is 50.9 Å². The molecule has 2 aromatic rings. The van der Waals surface area contributed by atoms with E-state index >= 15 is 0 Å². The number of amides is 1. The van der Waals surface area contributed by atoms with Gasteiger partial charge in [0.05, 0.1) is 0 Å². The minimum Gasteiger partial charge on any atom is -0.368 e. The zero-order valence-electron chi connectivity index (χ0n) is 14.9. The average Bonchev–Trinajstić information content (AvgIpc) is 2.69. The summed E-state index contributed by atoms with van der Waals surface area (Å²) in [5, 5.41) is 3.45. The third kappa shape index (κ3) is 4.83. The van der Waals surface area contributed by atoms with Crippen LogP contribution < -0.4 is 10.2 Å². The zero-order chi connectivity index (χ0) is 17.5. The number of hydrogen-bond acceptors (Lipinski definition) is 3. The smallest absolute Gasteiger partial charge is 0.223 e. The Balaban J connectivity index is 1.39. The van der Waals surface area contributed by atoms with E-state index in [1.165, 1.54) is 11.3 Å². The lowest BCUT2D eigenvalue weighted by atomic mass is 10.1. The van der Waals surface area contributed by atoms with Crippen molar-refractivity contribution in [2.45, 2.75) is 19.4 Å². The maximum atomic E-state index is 12.4. The third-order valence-corrected chi connectivity index (χ3v) is 4.84. The summed E-state index contributed by atoms with van der Waals surface area (Å²) in [6.45, 7) is 6.28. The molecule has 0 aromatic heterocycles. The molecule has 0 saturated carbocycles. The Morgan fingerprint density at radius 1 is 0.960 bits per heavy atom. The van der Waals surface area contributed by atoms with Gasteiger partial charge in [0.25, 0.3) is 0 Å². The number of piperazine rings is 1. The van der Waals surface area contributed by atoms with Gasteiger partial charge in [-0.2, -0.15) is 0 Å². The second-order valence-electron chi connectivity index (χ2n) is 6.54. The molecule has 4 nitrogen and oxygen atoms in total. The van der Waals surface area contributed by atoms with E-state index in [0.717, 1.165) is 26.2 Å². The molecule has 1 N–H and O–H groups in total. The van der Waals surface area contributed by atoms with E-state index in [-0.39, 0.29) is 11.9 Å². The highest BCUT2D eigenvalue weighted by Crippen LogP contribution is 2.16. The van der Waals surface area contributed by atoms with Crippen molar-refractivity contribution in [1.82, 2.24) is 10.2 Å². The van der Waals surface area contributed by atoms with Crippen LogP contribution in [0.15, 0.2) is 60.7 Å². The van der Waals surface area contributed by atoms with Gasteiger partial charge in [0.15, 0.2) is 0 Å². The molecular formula is C21H27N3O. The molecule has 0 radical (unpaired) electrons. The Kier molecular flexibility index (Phi) is 6.07. The van der Waals surface area contributed by atoms with Crippen LogP contribution in [0.1, 0.15) is 24.9 Å². The fourth-order valence-corrected chi connectivity index (χ4v) is 3.27. The van der Waals surface area contributed by atoms with Crippen molar-refractivity contribution >= 4 is 11.6 Å². The molecule has 1 aliphatic rings. The molecular weight excluding hydrogens is 310 g/mol. The molecule has 1 fully saturated rings. The third-order valence-electron chi connectivity index (χ3n) is 4.84. The van der Waals surface area contributed by atoms with Crippen LogP contribution >= 0.6 is 0 Å². The number of benzene rings is 2. The number of carbonyl (C=O) groups excluding carboxylic acids is 1.